The Morgan fingerprint density at radius 1 is 1.53 bits per heavy atom. The quantitative estimate of drug-likeness (QED) is 0.320. The number of methoxy groups -OCH3 is 1. The number of hydrazine groups is 1. The van der Waals surface area contributed by atoms with Crippen LogP contribution in [0.1, 0.15) is 12.0 Å². The normalized spacial score (nSPS) is 10.7. The lowest BCUT2D eigenvalue weighted by atomic mass is 10.1. The number of nitro benzene ring substituents is 1. The molecule has 0 unspecified atom stereocenters. The summed E-state index contributed by atoms with van der Waals surface area (Å²) in [4.78, 5) is 12.5. The van der Waals surface area contributed by atoms with Gasteiger partial charge in [0.15, 0.2) is 0 Å². The van der Waals surface area contributed by atoms with Gasteiger partial charge in [0.2, 0.25) is 0 Å². The highest BCUT2D eigenvalue weighted by Crippen LogP contribution is 2.28. The molecule has 0 saturated heterocycles. The van der Waals surface area contributed by atoms with E-state index in [0.717, 1.165) is 18.5 Å². The Balaban J connectivity index is 2.77. The van der Waals surface area contributed by atoms with E-state index >= 15 is 0 Å². The van der Waals surface area contributed by atoms with Gasteiger partial charge in [0.25, 0.3) is 5.69 Å². The average molecular weight is 268 g/mol. The van der Waals surface area contributed by atoms with Crippen molar-refractivity contribution in [1.82, 2.24) is 4.90 Å². The van der Waals surface area contributed by atoms with Crippen LogP contribution in [-0.4, -0.2) is 37.1 Å². The van der Waals surface area contributed by atoms with Crippen molar-refractivity contribution in [2.75, 3.05) is 32.7 Å². The minimum absolute atomic E-state index is 0.00899. The van der Waals surface area contributed by atoms with Crippen molar-refractivity contribution < 1.29 is 9.66 Å². The molecule has 0 heterocycles. The number of nitrogens with zero attached hydrogens (tertiary/aromatic N) is 2. The van der Waals surface area contributed by atoms with Crippen LogP contribution in [0, 0.1) is 10.1 Å². The molecule has 7 heteroatoms. The standard InChI is InChI=1S/C12H20N4O3/c1-15(7-4-8-19-2)9-10-5-3-6-11(16(17)18)12(10)14-13/h3,5-6,14H,4,7-9,13H2,1-2H3. The molecule has 19 heavy (non-hydrogen) atoms. The van der Waals surface area contributed by atoms with E-state index in [2.05, 4.69) is 10.3 Å². The van der Waals surface area contributed by atoms with Crippen LogP contribution in [0.5, 0.6) is 0 Å². The second-order valence-electron chi connectivity index (χ2n) is 4.30. The molecular weight excluding hydrogens is 248 g/mol. The lowest BCUT2D eigenvalue weighted by Gasteiger charge is -2.18. The third kappa shape index (κ3) is 4.47. The zero-order valence-electron chi connectivity index (χ0n) is 11.3. The number of ether oxygens (including phenoxy) is 1. The van der Waals surface area contributed by atoms with Crippen molar-refractivity contribution in [2.24, 2.45) is 5.84 Å². The topological polar surface area (TPSA) is 93.7 Å². The van der Waals surface area contributed by atoms with Gasteiger partial charge >= 0.3 is 0 Å². The van der Waals surface area contributed by atoms with Crippen molar-refractivity contribution in [1.29, 1.82) is 0 Å². The van der Waals surface area contributed by atoms with E-state index in [0.29, 0.717) is 18.8 Å². The molecule has 0 aromatic heterocycles. The Morgan fingerprint density at radius 2 is 2.26 bits per heavy atom. The summed E-state index contributed by atoms with van der Waals surface area (Å²) < 4.78 is 4.99. The summed E-state index contributed by atoms with van der Waals surface area (Å²) in [5, 5.41) is 10.9. The molecule has 7 nitrogen and oxygen atoms in total. The van der Waals surface area contributed by atoms with Gasteiger partial charge in [-0.2, -0.15) is 0 Å². The molecule has 0 spiro atoms. The van der Waals surface area contributed by atoms with Crippen LogP contribution in [0.4, 0.5) is 11.4 Å². The maximum absolute atomic E-state index is 10.9. The van der Waals surface area contributed by atoms with Crippen LogP contribution in [0.15, 0.2) is 18.2 Å². The number of nitro groups is 1. The lowest BCUT2D eigenvalue weighted by molar-refractivity contribution is -0.384. The zero-order valence-corrected chi connectivity index (χ0v) is 11.3. The van der Waals surface area contributed by atoms with Crippen LogP contribution in [0.25, 0.3) is 0 Å². The molecule has 1 aromatic rings. The largest absolute Gasteiger partial charge is 0.385 e. The zero-order chi connectivity index (χ0) is 14.3. The summed E-state index contributed by atoms with van der Waals surface area (Å²) in [5.41, 5.74) is 3.59. The molecule has 0 aliphatic carbocycles. The van der Waals surface area contributed by atoms with Gasteiger partial charge in [0.1, 0.15) is 5.69 Å². The highest BCUT2D eigenvalue weighted by Gasteiger charge is 2.17. The van der Waals surface area contributed by atoms with E-state index in [-0.39, 0.29) is 5.69 Å². The first-order chi connectivity index (χ1) is 9.10. The smallest absolute Gasteiger partial charge is 0.293 e. The number of benzene rings is 1. The molecule has 0 saturated carbocycles. The van der Waals surface area contributed by atoms with Crippen molar-refractivity contribution in [3.8, 4) is 0 Å². The maximum atomic E-state index is 10.9. The molecule has 0 bridgehead atoms. The lowest BCUT2D eigenvalue weighted by Crippen LogP contribution is -2.22. The first-order valence-corrected chi connectivity index (χ1v) is 6.00. The van der Waals surface area contributed by atoms with E-state index in [1.165, 1.54) is 6.07 Å². The molecule has 0 amide bonds. The summed E-state index contributed by atoms with van der Waals surface area (Å²) >= 11 is 0. The summed E-state index contributed by atoms with van der Waals surface area (Å²) in [6.07, 6.45) is 0.910. The maximum Gasteiger partial charge on any atom is 0.293 e. The molecule has 0 radical (unpaired) electrons. The van der Waals surface area contributed by atoms with Crippen molar-refractivity contribution in [3.63, 3.8) is 0 Å². The van der Waals surface area contributed by atoms with E-state index in [1.54, 1.807) is 13.2 Å². The second kappa shape index (κ2) is 7.67. The van der Waals surface area contributed by atoms with Gasteiger partial charge in [-0.25, -0.2) is 0 Å². The third-order valence-electron chi connectivity index (χ3n) is 2.80. The molecule has 1 aromatic carbocycles. The summed E-state index contributed by atoms with van der Waals surface area (Å²) in [6.45, 7) is 2.13. The highest BCUT2D eigenvalue weighted by molar-refractivity contribution is 5.65. The Kier molecular flexibility index (Phi) is 6.20. The highest BCUT2D eigenvalue weighted by atomic mass is 16.6. The number of nitrogens with one attached hydrogen (secondary N) is 1. The first-order valence-electron chi connectivity index (χ1n) is 6.00. The van der Waals surface area contributed by atoms with Crippen molar-refractivity contribution in [3.05, 3.63) is 33.9 Å². The monoisotopic (exact) mass is 268 g/mol. The Morgan fingerprint density at radius 3 is 2.84 bits per heavy atom. The fraction of sp³-hybridized carbons (Fsp3) is 0.500. The van der Waals surface area contributed by atoms with Crippen LogP contribution in [-0.2, 0) is 11.3 Å². The number of nitrogens with two attached hydrogens (primary N) is 1. The van der Waals surface area contributed by atoms with Crippen LogP contribution >= 0.6 is 0 Å². The average Bonchev–Trinajstić information content (AvgIpc) is 2.38. The molecule has 106 valence electrons. The van der Waals surface area contributed by atoms with E-state index in [4.69, 9.17) is 10.6 Å². The number of hydrogen-bond donors (Lipinski definition) is 2. The number of para-hydroxylation sites is 1. The molecule has 0 atom stereocenters. The first kappa shape index (κ1) is 15.4. The van der Waals surface area contributed by atoms with E-state index in [1.807, 2.05) is 13.1 Å². The van der Waals surface area contributed by atoms with Gasteiger partial charge in [0.05, 0.1) is 4.92 Å². The van der Waals surface area contributed by atoms with Crippen molar-refractivity contribution in [2.45, 2.75) is 13.0 Å². The number of anilines is 1. The van der Waals surface area contributed by atoms with E-state index in [9.17, 15) is 10.1 Å². The fourth-order valence-electron chi connectivity index (χ4n) is 1.89. The SMILES string of the molecule is COCCCN(C)Cc1cccc([N+](=O)[O-])c1NN. The molecule has 0 aliphatic rings. The molecule has 0 aliphatic heterocycles. The summed E-state index contributed by atoms with van der Waals surface area (Å²) in [5.74, 6) is 5.39. The minimum Gasteiger partial charge on any atom is -0.385 e. The molecule has 0 fully saturated rings. The van der Waals surface area contributed by atoms with Crippen LogP contribution in [0.2, 0.25) is 0 Å². The Labute approximate surface area is 112 Å². The molecule has 3 N–H and O–H groups in total. The van der Waals surface area contributed by atoms with Gasteiger partial charge < -0.3 is 15.1 Å². The fourth-order valence-corrected chi connectivity index (χ4v) is 1.89. The summed E-state index contributed by atoms with van der Waals surface area (Å²) in [7, 11) is 3.62. The Hall–Kier alpha value is -1.70. The predicted octanol–water partition coefficient (Wildman–Crippen LogP) is 1.35. The van der Waals surface area contributed by atoms with Gasteiger partial charge in [-0.15, -0.1) is 0 Å². The van der Waals surface area contributed by atoms with Crippen LogP contribution < -0.4 is 11.3 Å². The minimum atomic E-state index is -0.441. The van der Waals surface area contributed by atoms with Crippen molar-refractivity contribution >= 4 is 11.4 Å². The van der Waals surface area contributed by atoms with Gasteiger partial charge in [0, 0.05) is 32.9 Å². The predicted molar refractivity (Wildman–Crippen MR) is 73.7 cm³/mol. The third-order valence-corrected chi connectivity index (χ3v) is 2.80. The number of hydrogen-bond acceptors (Lipinski definition) is 6. The summed E-state index contributed by atoms with van der Waals surface area (Å²) in [6, 6.07) is 4.93. The van der Waals surface area contributed by atoms with Crippen LogP contribution in [0.3, 0.4) is 0 Å². The molecular formula is C12H20N4O3. The van der Waals surface area contributed by atoms with Gasteiger partial charge in [-0.3, -0.25) is 16.0 Å². The van der Waals surface area contributed by atoms with Gasteiger partial charge in [-0.05, 0) is 19.0 Å². The number of nitrogen functional groups attached to an aromatic ring is 1. The second-order valence-corrected chi connectivity index (χ2v) is 4.30. The Bertz CT molecular complexity index is 425. The van der Waals surface area contributed by atoms with Gasteiger partial charge in [-0.1, -0.05) is 12.1 Å². The van der Waals surface area contributed by atoms with E-state index < -0.39 is 4.92 Å². The number of rotatable bonds is 8. The molecule has 1 rings (SSSR count).